The number of H-pyrrole nitrogens is 1. The molecule has 0 spiro atoms. The number of pyridine rings is 1. The molecule has 0 fully saturated rings. The molecule has 0 saturated heterocycles. The predicted octanol–water partition coefficient (Wildman–Crippen LogP) is 3.79. The van der Waals surface area contributed by atoms with Crippen LogP contribution in [0.15, 0.2) is 90.3 Å². The number of aromatic nitrogens is 5. The topological polar surface area (TPSA) is 169 Å². The summed E-state index contributed by atoms with van der Waals surface area (Å²) in [4.78, 5) is 45.1. The molecule has 5 aromatic rings. The summed E-state index contributed by atoms with van der Waals surface area (Å²) < 4.78 is 32.9. The Hall–Kier alpha value is -5.17. The third-order valence-corrected chi connectivity index (χ3v) is 7.13. The summed E-state index contributed by atoms with van der Waals surface area (Å²) in [6, 6.07) is 15.6. The maximum Gasteiger partial charge on any atom is 0.338 e. The van der Waals surface area contributed by atoms with Crippen molar-refractivity contribution in [1.29, 1.82) is 0 Å². The highest BCUT2D eigenvalue weighted by molar-refractivity contribution is 7.92. The van der Waals surface area contributed by atoms with Crippen LogP contribution in [0.25, 0.3) is 22.4 Å². The number of esters is 1. The number of fused-ring (bicyclic) bond motifs is 1. The van der Waals surface area contributed by atoms with Gasteiger partial charge in [-0.25, -0.2) is 32.9 Å². The van der Waals surface area contributed by atoms with E-state index in [4.69, 9.17) is 4.74 Å². The molecule has 202 valence electrons. The van der Waals surface area contributed by atoms with Gasteiger partial charge in [0.2, 0.25) is 5.95 Å². The summed E-state index contributed by atoms with van der Waals surface area (Å²) in [5, 5.41) is 2.65. The summed E-state index contributed by atoms with van der Waals surface area (Å²) in [6.45, 7) is 1.71. The smallest absolute Gasteiger partial charge is 0.338 e. The Kier molecular flexibility index (Phi) is 7.46. The Morgan fingerprint density at radius 3 is 2.48 bits per heavy atom. The molecule has 3 N–H and O–H groups in total. The average molecular weight is 558 g/mol. The zero-order valence-corrected chi connectivity index (χ0v) is 21.9. The summed E-state index contributed by atoms with van der Waals surface area (Å²) in [7, 11) is -3.92. The van der Waals surface area contributed by atoms with Gasteiger partial charge in [0.25, 0.3) is 15.9 Å². The lowest BCUT2D eigenvalue weighted by molar-refractivity contribution is -0.124. The molecule has 0 aliphatic heterocycles. The van der Waals surface area contributed by atoms with E-state index in [0.717, 1.165) is 5.56 Å². The van der Waals surface area contributed by atoms with Crippen molar-refractivity contribution in [2.45, 2.75) is 24.3 Å². The van der Waals surface area contributed by atoms with E-state index >= 15 is 0 Å². The summed E-state index contributed by atoms with van der Waals surface area (Å²) in [5.41, 5.74) is 2.68. The molecule has 2 aromatic carbocycles. The van der Waals surface area contributed by atoms with Crippen LogP contribution in [-0.4, -0.2) is 51.3 Å². The Balaban J connectivity index is 1.23. The van der Waals surface area contributed by atoms with Crippen molar-refractivity contribution in [3.05, 3.63) is 91.0 Å². The van der Waals surface area contributed by atoms with Crippen molar-refractivity contribution >= 4 is 44.6 Å². The average Bonchev–Trinajstić information content (AvgIpc) is 3.40. The van der Waals surface area contributed by atoms with Crippen molar-refractivity contribution < 1.29 is 22.7 Å². The third-order valence-electron chi connectivity index (χ3n) is 5.79. The van der Waals surface area contributed by atoms with E-state index < -0.39 is 28.0 Å². The number of carbonyl (C=O) groups is 2. The number of aromatic amines is 1. The highest BCUT2D eigenvalue weighted by Gasteiger charge is 2.23. The van der Waals surface area contributed by atoms with Crippen molar-refractivity contribution in [3.8, 4) is 11.4 Å². The summed E-state index contributed by atoms with van der Waals surface area (Å²) >= 11 is 0. The standard InChI is InChI=1S/C27H23N7O5S/c1-2-23(25(35)31-19-7-9-20(10-8-19)40(37,38)34-27-29-13-4-14-30-27)39-26(36)17-6-11-21-22(15-17)33-24(32-21)18-5-3-12-28-16-18/h3-16,23H,2H2,1H3,(H,31,35)(H,32,33)(H,29,30,34). The van der Waals surface area contributed by atoms with E-state index in [2.05, 4.69) is 35.0 Å². The SMILES string of the molecule is CCC(OC(=O)c1ccc2nc(-c3cccnc3)[nH]c2c1)C(=O)Nc1ccc(S(=O)(=O)Nc2ncccn2)cc1. The van der Waals surface area contributed by atoms with Gasteiger partial charge in [-0.2, -0.15) is 0 Å². The second-order valence-electron chi connectivity index (χ2n) is 8.55. The normalized spacial score (nSPS) is 12.0. The fourth-order valence-corrected chi connectivity index (χ4v) is 4.72. The van der Waals surface area contributed by atoms with Crippen LogP contribution >= 0.6 is 0 Å². The van der Waals surface area contributed by atoms with Crippen LogP contribution in [0.4, 0.5) is 11.6 Å². The Morgan fingerprint density at radius 2 is 1.77 bits per heavy atom. The fourth-order valence-electron chi connectivity index (χ4n) is 3.77. The van der Waals surface area contributed by atoms with E-state index in [1.54, 1.807) is 49.6 Å². The van der Waals surface area contributed by atoms with Crippen LogP contribution in [0.1, 0.15) is 23.7 Å². The monoisotopic (exact) mass is 557 g/mol. The number of hydrogen-bond donors (Lipinski definition) is 3. The first kappa shape index (κ1) is 26.4. The van der Waals surface area contributed by atoms with Gasteiger partial charge < -0.3 is 15.0 Å². The molecular formula is C27H23N7O5S. The molecule has 12 nitrogen and oxygen atoms in total. The van der Waals surface area contributed by atoms with Gasteiger partial charge in [0.05, 0.1) is 21.5 Å². The van der Waals surface area contributed by atoms with E-state index in [1.807, 2.05) is 6.07 Å². The zero-order valence-electron chi connectivity index (χ0n) is 21.1. The Morgan fingerprint density at radius 1 is 1.00 bits per heavy atom. The number of anilines is 2. The van der Waals surface area contributed by atoms with Crippen LogP contribution in [0.3, 0.4) is 0 Å². The number of nitrogens with one attached hydrogen (secondary N) is 3. The second kappa shape index (κ2) is 11.3. The maximum atomic E-state index is 12.9. The van der Waals surface area contributed by atoms with Crippen molar-refractivity contribution in [2.75, 3.05) is 10.0 Å². The summed E-state index contributed by atoms with van der Waals surface area (Å²) in [6.07, 6.45) is 5.32. The van der Waals surface area contributed by atoms with E-state index in [9.17, 15) is 18.0 Å². The molecule has 3 heterocycles. The lowest BCUT2D eigenvalue weighted by Crippen LogP contribution is -2.32. The first-order valence-electron chi connectivity index (χ1n) is 12.1. The molecular weight excluding hydrogens is 534 g/mol. The van der Waals surface area contributed by atoms with Crippen molar-refractivity contribution in [2.24, 2.45) is 0 Å². The highest BCUT2D eigenvalue weighted by Crippen LogP contribution is 2.22. The maximum absolute atomic E-state index is 12.9. The van der Waals surface area contributed by atoms with Crippen LogP contribution < -0.4 is 10.0 Å². The molecule has 0 aliphatic rings. The van der Waals surface area contributed by atoms with Crippen LogP contribution in [0.2, 0.25) is 0 Å². The van der Waals surface area contributed by atoms with Crippen molar-refractivity contribution in [3.63, 3.8) is 0 Å². The number of amides is 1. The highest BCUT2D eigenvalue weighted by atomic mass is 32.2. The third kappa shape index (κ3) is 5.94. The van der Waals surface area contributed by atoms with Gasteiger partial charge >= 0.3 is 5.97 Å². The second-order valence-corrected chi connectivity index (χ2v) is 10.2. The quantitative estimate of drug-likeness (QED) is 0.228. The molecule has 1 atom stereocenters. The number of ether oxygens (including phenoxy) is 1. The number of carbonyl (C=O) groups excluding carboxylic acids is 2. The number of benzene rings is 2. The molecule has 0 saturated carbocycles. The van der Waals surface area contributed by atoms with E-state index in [-0.39, 0.29) is 22.8 Å². The molecule has 0 radical (unpaired) electrons. The zero-order chi connectivity index (χ0) is 28.1. The minimum atomic E-state index is -3.92. The fraction of sp³-hybridized carbons (Fsp3) is 0.111. The number of nitrogens with zero attached hydrogens (tertiary/aromatic N) is 4. The molecule has 3 aromatic heterocycles. The molecule has 5 rings (SSSR count). The molecule has 1 unspecified atom stereocenters. The van der Waals surface area contributed by atoms with Gasteiger partial charge in [0.1, 0.15) is 5.82 Å². The van der Waals surface area contributed by atoms with Gasteiger partial charge in [-0.05, 0) is 67.1 Å². The Bertz CT molecular complexity index is 1760. The lowest BCUT2D eigenvalue weighted by atomic mass is 10.2. The van der Waals surface area contributed by atoms with Gasteiger partial charge in [0, 0.05) is 36.0 Å². The number of imidazole rings is 1. The van der Waals surface area contributed by atoms with E-state index in [1.165, 1.54) is 36.7 Å². The molecule has 40 heavy (non-hydrogen) atoms. The number of sulfonamides is 1. The predicted molar refractivity (Wildman–Crippen MR) is 147 cm³/mol. The Labute approximate surface area is 228 Å². The molecule has 0 aliphatic carbocycles. The molecule has 0 bridgehead atoms. The van der Waals surface area contributed by atoms with Gasteiger partial charge in [-0.15, -0.1) is 0 Å². The minimum Gasteiger partial charge on any atom is -0.449 e. The lowest BCUT2D eigenvalue weighted by Gasteiger charge is -2.16. The minimum absolute atomic E-state index is 0.0442. The van der Waals surface area contributed by atoms with Crippen LogP contribution in [0, 0.1) is 0 Å². The molecule has 13 heteroatoms. The largest absolute Gasteiger partial charge is 0.449 e. The number of hydrogen-bond acceptors (Lipinski definition) is 9. The first-order chi connectivity index (χ1) is 19.3. The van der Waals surface area contributed by atoms with E-state index in [0.29, 0.717) is 22.5 Å². The van der Waals surface area contributed by atoms with Crippen LogP contribution in [-0.2, 0) is 19.6 Å². The van der Waals surface area contributed by atoms with Crippen molar-refractivity contribution in [1.82, 2.24) is 24.9 Å². The summed E-state index contributed by atoms with van der Waals surface area (Å²) in [5.74, 6) is -0.670. The van der Waals surface area contributed by atoms with Gasteiger partial charge in [-0.3, -0.25) is 9.78 Å². The molecule has 1 amide bonds. The number of rotatable bonds is 9. The first-order valence-corrected chi connectivity index (χ1v) is 13.6. The van der Waals surface area contributed by atoms with Crippen LogP contribution in [0.5, 0.6) is 0 Å². The van der Waals surface area contributed by atoms with Gasteiger partial charge in [0.15, 0.2) is 6.10 Å². The van der Waals surface area contributed by atoms with Gasteiger partial charge in [-0.1, -0.05) is 6.92 Å².